The molecule has 0 atom stereocenters. The number of nitrogens with one attached hydrogen (secondary N) is 1. The van der Waals surface area contributed by atoms with Gasteiger partial charge < -0.3 is 10.3 Å². The Labute approximate surface area is 111 Å². The number of rotatable bonds is 4. The Morgan fingerprint density at radius 3 is 2.74 bits per heavy atom. The van der Waals surface area contributed by atoms with E-state index in [2.05, 4.69) is 10.5 Å². The fourth-order valence-electron chi connectivity index (χ4n) is 1.73. The molecule has 0 aliphatic heterocycles. The normalized spacial score (nSPS) is 10.4. The highest BCUT2D eigenvalue weighted by molar-refractivity contribution is 5.90. The van der Waals surface area contributed by atoms with E-state index in [0.29, 0.717) is 24.4 Å². The second kappa shape index (κ2) is 5.56. The predicted molar refractivity (Wildman–Crippen MR) is 73.8 cm³/mol. The van der Waals surface area contributed by atoms with Crippen LogP contribution in [0, 0.1) is 13.8 Å². The summed E-state index contributed by atoms with van der Waals surface area (Å²) in [6, 6.07) is 7.54. The van der Waals surface area contributed by atoms with Gasteiger partial charge in [0.2, 0.25) is 11.8 Å². The standard InChI is InChI=1S/C14H17N3O2/c1-9-10(2)17-19-14(9)16-13(18)8-7-11-5-3-4-6-12(11)15/h3-6H,7-8,15H2,1-2H3,(H,16,18). The summed E-state index contributed by atoms with van der Waals surface area (Å²) in [4.78, 5) is 11.8. The van der Waals surface area contributed by atoms with Crippen LogP contribution < -0.4 is 11.1 Å². The van der Waals surface area contributed by atoms with Crippen molar-refractivity contribution in [1.82, 2.24) is 5.16 Å². The van der Waals surface area contributed by atoms with Crippen LogP contribution in [-0.2, 0) is 11.2 Å². The van der Waals surface area contributed by atoms with Gasteiger partial charge in [0.05, 0.1) is 5.69 Å². The number of nitrogen functional groups attached to an aromatic ring is 1. The second-order valence-corrected chi connectivity index (χ2v) is 4.47. The van der Waals surface area contributed by atoms with Gasteiger partial charge in [0.1, 0.15) is 0 Å². The summed E-state index contributed by atoms with van der Waals surface area (Å²) < 4.78 is 5.03. The summed E-state index contributed by atoms with van der Waals surface area (Å²) in [7, 11) is 0. The average molecular weight is 259 g/mol. The number of benzene rings is 1. The maximum absolute atomic E-state index is 11.8. The first kappa shape index (κ1) is 13.1. The Balaban J connectivity index is 1.92. The molecule has 1 heterocycles. The molecule has 0 aliphatic carbocycles. The Hall–Kier alpha value is -2.30. The van der Waals surface area contributed by atoms with Crippen LogP contribution in [0.4, 0.5) is 11.6 Å². The minimum absolute atomic E-state index is 0.109. The fraction of sp³-hybridized carbons (Fsp3) is 0.286. The molecule has 5 heteroatoms. The van der Waals surface area contributed by atoms with E-state index in [4.69, 9.17) is 10.3 Å². The van der Waals surface area contributed by atoms with Gasteiger partial charge in [-0.2, -0.15) is 0 Å². The van der Waals surface area contributed by atoms with Crippen LogP contribution in [0.5, 0.6) is 0 Å². The average Bonchev–Trinajstić information content (AvgIpc) is 2.70. The molecule has 0 saturated heterocycles. The van der Waals surface area contributed by atoms with Gasteiger partial charge >= 0.3 is 0 Å². The van der Waals surface area contributed by atoms with E-state index in [9.17, 15) is 4.79 Å². The molecule has 0 saturated carbocycles. The lowest BCUT2D eigenvalue weighted by Gasteiger charge is -2.05. The van der Waals surface area contributed by atoms with Crippen LogP contribution in [0.3, 0.4) is 0 Å². The van der Waals surface area contributed by atoms with E-state index in [1.165, 1.54) is 0 Å². The summed E-state index contributed by atoms with van der Waals surface area (Å²) in [6.07, 6.45) is 0.956. The van der Waals surface area contributed by atoms with Crippen molar-refractivity contribution in [3.63, 3.8) is 0 Å². The van der Waals surface area contributed by atoms with Crippen molar-refractivity contribution < 1.29 is 9.32 Å². The minimum Gasteiger partial charge on any atom is -0.399 e. The molecule has 100 valence electrons. The lowest BCUT2D eigenvalue weighted by atomic mass is 10.1. The molecule has 0 fully saturated rings. The number of para-hydroxylation sites is 1. The lowest BCUT2D eigenvalue weighted by Crippen LogP contribution is -2.13. The van der Waals surface area contributed by atoms with Gasteiger partial charge in [-0.1, -0.05) is 23.4 Å². The third-order valence-electron chi connectivity index (χ3n) is 3.09. The van der Waals surface area contributed by atoms with Gasteiger partial charge in [0.15, 0.2) is 0 Å². The number of aromatic nitrogens is 1. The third-order valence-corrected chi connectivity index (χ3v) is 3.09. The summed E-state index contributed by atoms with van der Waals surface area (Å²) in [5.41, 5.74) is 9.15. The summed E-state index contributed by atoms with van der Waals surface area (Å²) in [5, 5.41) is 6.50. The smallest absolute Gasteiger partial charge is 0.234 e. The van der Waals surface area contributed by atoms with Crippen LogP contribution >= 0.6 is 0 Å². The molecule has 2 rings (SSSR count). The first-order chi connectivity index (χ1) is 9.08. The zero-order valence-electron chi connectivity index (χ0n) is 11.1. The van der Waals surface area contributed by atoms with Gasteiger partial charge in [-0.15, -0.1) is 0 Å². The Morgan fingerprint density at radius 2 is 2.11 bits per heavy atom. The summed E-state index contributed by atoms with van der Waals surface area (Å²) in [5.74, 6) is 0.311. The largest absolute Gasteiger partial charge is 0.399 e. The molecule has 1 amide bonds. The molecule has 0 unspecified atom stereocenters. The van der Waals surface area contributed by atoms with Gasteiger partial charge in [-0.05, 0) is 31.9 Å². The van der Waals surface area contributed by atoms with Crippen molar-refractivity contribution in [2.75, 3.05) is 11.1 Å². The Bertz CT molecular complexity index is 590. The van der Waals surface area contributed by atoms with Crippen molar-refractivity contribution in [3.8, 4) is 0 Å². The van der Waals surface area contributed by atoms with E-state index in [-0.39, 0.29) is 5.91 Å². The minimum atomic E-state index is -0.109. The molecule has 0 bridgehead atoms. The highest BCUT2D eigenvalue weighted by atomic mass is 16.5. The molecule has 5 nitrogen and oxygen atoms in total. The van der Waals surface area contributed by atoms with Crippen molar-refractivity contribution in [3.05, 3.63) is 41.1 Å². The molecule has 0 radical (unpaired) electrons. The molecule has 0 aliphatic rings. The number of amides is 1. The third kappa shape index (κ3) is 3.13. The van der Waals surface area contributed by atoms with Crippen LogP contribution in [0.15, 0.2) is 28.8 Å². The van der Waals surface area contributed by atoms with E-state index in [1.54, 1.807) is 0 Å². The number of hydrogen-bond acceptors (Lipinski definition) is 4. The molecule has 2 aromatic rings. The van der Waals surface area contributed by atoms with E-state index in [1.807, 2.05) is 38.1 Å². The molecule has 1 aromatic carbocycles. The summed E-state index contributed by atoms with van der Waals surface area (Å²) >= 11 is 0. The maximum atomic E-state index is 11.8. The van der Waals surface area contributed by atoms with Gasteiger partial charge in [-0.3, -0.25) is 10.1 Å². The van der Waals surface area contributed by atoms with E-state index >= 15 is 0 Å². The molecule has 1 aromatic heterocycles. The number of nitrogens with zero attached hydrogens (tertiary/aromatic N) is 1. The first-order valence-corrected chi connectivity index (χ1v) is 6.14. The van der Waals surface area contributed by atoms with Crippen molar-refractivity contribution >= 4 is 17.5 Å². The second-order valence-electron chi connectivity index (χ2n) is 4.47. The lowest BCUT2D eigenvalue weighted by molar-refractivity contribution is -0.116. The fourth-order valence-corrected chi connectivity index (χ4v) is 1.73. The van der Waals surface area contributed by atoms with Crippen molar-refractivity contribution in [2.24, 2.45) is 0 Å². The van der Waals surface area contributed by atoms with Crippen LogP contribution in [0.1, 0.15) is 23.2 Å². The first-order valence-electron chi connectivity index (χ1n) is 6.14. The van der Waals surface area contributed by atoms with E-state index < -0.39 is 0 Å². The monoisotopic (exact) mass is 259 g/mol. The maximum Gasteiger partial charge on any atom is 0.234 e. The number of hydrogen-bond donors (Lipinski definition) is 2. The van der Waals surface area contributed by atoms with Crippen LogP contribution in [0.25, 0.3) is 0 Å². The number of nitrogens with two attached hydrogens (primary N) is 1. The SMILES string of the molecule is Cc1noc(NC(=O)CCc2ccccc2N)c1C. The summed E-state index contributed by atoms with van der Waals surface area (Å²) in [6.45, 7) is 3.69. The molecular weight excluding hydrogens is 242 g/mol. The van der Waals surface area contributed by atoms with E-state index in [0.717, 1.165) is 16.8 Å². The molecule has 19 heavy (non-hydrogen) atoms. The molecular formula is C14H17N3O2. The predicted octanol–water partition coefficient (Wildman–Crippen LogP) is 2.44. The number of carbonyl (C=O) groups is 1. The van der Waals surface area contributed by atoms with Gasteiger partial charge in [0, 0.05) is 17.7 Å². The number of aryl methyl sites for hydroxylation is 2. The Morgan fingerprint density at radius 1 is 1.37 bits per heavy atom. The highest BCUT2D eigenvalue weighted by Crippen LogP contribution is 2.18. The zero-order valence-corrected chi connectivity index (χ0v) is 11.1. The quantitative estimate of drug-likeness (QED) is 0.826. The zero-order chi connectivity index (χ0) is 13.8. The van der Waals surface area contributed by atoms with Crippen LogP contribution in [0.2, 0.25) is 0 Å². The van der Waals surface area contributed by atoms with Crippen molar-refractivity contribution in [1.29, 1.82) is 0 Å². The van der Waals surface area contributed by atoms with Gasteiger partial charge in [-0.25, -0.2) is 0 Å². The number of anilines is 2. The van der Waals surface area contributed by atoms with Gasteiger partial charge in [0.25, 0.3) is 0 Å². The highest BCUT2D eigenvalue weighted by Gasteiger charge is 2.12. The number of carbonyl (C=O) groups excluding carboxylic acids is 1. The Kier molecular flexibility index (Phi) is 3.85. The molecule has 0 spiro atoms. The molecule has 3 N–H and O–H groups in total. The van der Waals surface area contributed by atoms with Crippen LogP contribution in [-0.4, -0.2) is 11.1 Å². The van der Waals surface area contributed by atoms with Crippen molar-refractivity contribution in [2.45, 2.75) is 26.7 Å². The topological polar surface area (TPSA) is 81.2 Å².